The minimum Gasteiger partial charge on any atom is -0.311 e. The molecule has 0 radical (unpaired) electrons. The Labute approximate surface area is 108 Å². The van der Waals surface area contributed by atoms with Crippen LogP contribution < -0.4 is 5.32 Å². The van der Waals surface area contributed by atoms with E-state index < -0.39 is 0 Å². The molecule has 0 aliphatic carbocycles. The summed E-state index contributed by atoms with van der Waals surface area (Å²) in [4.78, 5) is 0. The third-order valence-corrected chi connectivity index (χ3v) is 3.78. The Morgan fingerprint density at radius 1 is 1.27 bits per heavy atom. The highest BCUT2D eigenvalue weighted by atomic mass is 79.9. The van der Waals surface area contributed by atoms with Gasteiger partial charge in [-0.05, 0) is 49.6 Å². The van der Waals surface area contributed by atoms with Gasteiger partial charge in [0.2, 0.25) is 0 Å². The van der Waals surface area contributed by atoms with Crippen molar-refractivity contribution in [1.82, 2.24) is 5.32 Å². The maximum Gasteiger partial charge on any atom is 0.0323 e. The lowest BCUT2D eigenvalue weighted by atomic mass is 10.2. The molecule has 3 heteroatoms. The Kier molecular flexibility index (Phi) is 5.58. The molecule has 1 aromatic rings. The molecule has 0 aliphatic rings. The monoisotopic (exact) mass is 331 g/mol. The summed E-state index contributed by atoms with van der Waals surface area (Å²) in [7, 11) is 0. The number of nitrogens with one attached hydrogen (secondary N) is 1. The van der Waals surface area contributed by atoms with Crippen molar-refractivity contribution in [1.29, 1.82) is 0 Å². The molecule has 0 bridgehead atoms. The number of benzene rings is 1. The predicted octanol–water partition coefficient (Wildman–Crippen LogP) is 4.22. The standard InChI is InChI=1S/C12H15Br2N/c1-9(2)15-7-3-4-10-5-6-11(13)12(14)8-10/h3-6,8-9,15H,7H2,1-2H3/b4-3+. The first-order valence-corrected chi connectivity index (χ1v) is 6.53. The van der Waals surface area contributed by atoms with Gasteiger partial charge in [0.05, 0.1) is 0 Å². The van der Waals surface area contributed by atoms with E-state index in [1.54, 1.807) is 0 Å². The van der Waals surface area contributed by atoms with Crippen LogP contribution >= 0.6 is 31.9 Å². The molecule has 0 unspecified atom stereocenters. The molecule has 0 heterocycles. The first-order valence-electron chi connectivity index (χ1n) is 4.94. The van der Waals surface area contributed by atoms with E-state index in [9.17, 15) is 0 Å². The van der Waals surface area contributed by atoms with E-state index in [4.69, 9.17) is 0 Å². The van der Waals surface area contributed by atoms with Crippen LogP contribution in [0.1, 0.15) is 19.4 Å². The van der Waals surface area contributed by atoms with Gasteiger partial charge in [0.1, 0.15) is 0 Å². The summed E-state index contributed by atoms with van der Waals surface area (Å²) in [6.07, 6.45) is 4.25. The molecule has 0 saturated heterocycles. The highest BCUT2D eigenvalue weighted by Crippen LogP contribution is 2.24. The van der Waals surface area contributed by atoms with Crippen molar-refractivity contribution in [2.24, 2.45) is 0 Å². The fourth-order valence-corrected chi connectivity index (χ4v) is 1.76. The molecule has 1 aromatic carbocycles. The minimum atomic E-state index is 0.534. The summed E-state index contributed by atoms with van der Waals surface area (Å²) in [5, 5.41) is 3.33. The van der Waals surface area contributed by atoms with Crippen molar-refractivity contribution in [2.45, 2.75) is 19.9 Å². The van der Waals surface area contributed by atoms with Gasteiger partial charge in [0.15, 0.2) is 0 Å². The van der Waals surface area contributed by atoms with Crippen molar-refractivity contribution in [3.05, 3.63) is 38.8 Å². The van der Waals surface area contributed by atoms with Gasteiger partial charge in [0, 0.05) is 21.5 Å². The number of hydrogen-bond donors (Lipinski definition) is 1. The van der Waals surface area contributed by atoms with Crippen LogP contribution in [0.25, 0.3) is 6.08 Å². The van der Waals surface area contributed by atoms with Crippen LogP contribution in [-0.4, -0.2) is 12.6 Å². The van der Waals surface area contributed by atoms with Gasteiger partial charge in [-0.25, -0.2) is 0 Å². The van der Waals surface area contributed by atoms with E-state index in [1.807, 2.05) is 6.07 Å². The van der Waals surface area contributed by atoms with Crippen LogP contribution in [0.5, 0.6) is 0 Å². The SMILES string of the molecule is CC(C)NC/C=C/c1ccc(Br)c(Br)c1. The summed E-state index contributed by atoms with van der Waals surface area (Å²) in [5.74, 6) is 0. The Balaban J connectivity index is 2.53. The Morgan fingerprint density at radius 2 is 2.00 bits per heavy atom. The normalized spacial score (nSPS) is 11.5. The zero-order valence-electron chi connectivity index (χ0n) is 8.93. The fourth-order valence-electron chi connectivity index (χ4n) is 1.11. The zero-order chi connectivity index (χ0) is 11.3. The zero-order valence-corrected chi connectivity index (χ0v) is 12.1. The molecule has 0 spiro atoms. The minimum absolute atomic E-state index is 0.534. The average molecular weight is 333 g/mol. The molecular weight excluding hydrogens is 318 g/mol. The lowest BCUT2D eigenvalue weighted by Gasteiger charge is -2.03. The largest absolute Gasteiger partial charge is 0.311 e. The molecule has 1 N–H and O–H groups in total. The molecule has 0 fully saturated rings. The van der Waals surface area contributed by atoms with E-state index in [1.165, 1.54) is 5.56 Å². The van der Waals surface area contributed by atoms with Crippen molar-refractivity contribution < 1.29 is 0 Å². The van der Waals surface area contributed by atoms with Crippen molar-refractivity contribution in [3.8, 4) is 0 Å². The smallest absolute Gasteiger partial charge is 0.0323 e. The quantitative estimate of drug-likeness (QED) is 0.870. The van der Waals surface area contributed by atoms with E-state index >= 15 is 0 Å². The van der Waals surface area contributed by atoms with Gasteiger partial charge in [-0.3, -0.25) is 0 Å². The highest BCUT2D eigenvalue weighted by Gasteiger charge is 1.95. The molecule has 0 amide bonds. The van der Waals surface area contributed by atoms with Crippen LogP contribution in [0.2, 0.25) is 0 Å². The van der Waals surface area contributed by atoms with E-state index in [0.717, 1.165) is 15.5 Å². The predicted molar refractivity (Wildman–Crippen MR) is 74.0 cm³/mol. The summed E-state index contributed by atoms with van der Waals surface area (Å²) in [6, 6.07) is 6.75. The second-order valence-electron chi connectivity index (χ2n) is 3.64. The van der Waals surface area contributed by atoms with E-state index in [-0.39, 0.29) is 0 Å². The molecule has 1 rings (SSSR count). The lowest BCUT2D eigenvalue weighted by Crippen LogP contribution is -2.22. The van der Waals surface area contributed by atoms with Gasteiger partial charge in [-0.15, -0.1) is 0 Å². The van der Waals surface area contributed by atoms with Gasteiger partial charge in [-0.2, -0.15) is 0 Å². The van der Waals surface area contributed by atoms with Gasteiger partial charge in [0.25, 0.3) is 0 Å². The van der Waals surface area contributed by atoms with Crippen LogP contribution in [-0.2, 0) is 0 Å². The van der Waals surface area contributed by atoms with Crippen LogP contribution in [0.4, 0.5) is 0 Å². The molecule has 0 atom stereocenters. The van der Waals surface area contributed by atoms with Crippen LogP contribution in [0.15, 0.2) is 33.2 Å². The second-order valence-corrected chi connectivity index (χ2v) is 5.35. The van der Waals surface area contributed by atoms with Crippen molar-refractivity contribution >= 4 is 37.9 Å². The van der Waals surface area contributed by atoms with Crippen LogP contribution in [0.3, 0.4) is 0 Å². The highest BCUT2D eigenvalue weighted by molar-refractivity contribution is 9.13. The topological polar surface area (TPSA) is 12.0 Å². The van der Waals surface area contributed by atoms with Crippen LogP contribution in [0, 0.1) is 0 Å². The number of rotatable bonds is 4. The summed E-state index contributed by atoms with van der Waals surface area (Å²) >= 11 is 6.93. The Hall–Kier alpha value is -0.120. The first-order chi connectivity index (χ1) is 7.09. The summed E-state index contributed by atoms with van der Waals surface area (Å²) < 4.78 is 2.17. The van der Waals surface area contributed by atoms with Crippen molar-refractivity contribution in [3.63, 3.8) is 0 Å². The molecule has 0 aliphatic heterocycles. The van der Waals surface area contributed by atoms with E-state index in [0.29, 0.717) is 6.04 Å². The van der Waals surface area contributed by atoms with Crippen molar-refractivity contribution in [2.75, 3.05) is 6.54 Å². The third-order valence-electron chi connectivity index (χ3n) is 1.90. The molecule has 15 heavy (non-hydrogen) atoms. The maximum atomic E-state index is 3.48. The number of hydrogen-bond acceptors (Lipinski definition) is 1. The summed E-state index contributed by atoms with van der Waals surface area (Å²) in [5.41, 5.74) is 1.20. The molecule has 0 aromatic heterocycles. The Bertz CT molecular complexity index is 345. The lowest BCUT2D eigenvalue weighted by molar-refractivity contribution is 0.633. The number of halogens is 2. The molecule has 0 saturated carbocycles. The third kappa shape index (κ3) is 4.96. The average Bonchev–Trinajstić information content (AvgIpc) is 2.18. The second kappa shape index (κ2) is 6.46. The molecular formula is C12H15Br2N. The van der Waals surface area contributed by atoms with Gasteiger partial charge >= 0.3 is 0 Å². The fraction of sp³-hybridized carbons (Fsp3) is 0.333. The Morgan fingerprint density at radius 3 is 2.60 bits per heavy atom. The first kappa shape index (κ1) is 12.9. The molecule has 1 nitrogen and oxygen atoms in total. The maximum absolute atomic E-state index is 3.48. The van der Waals surface area contributed by atoms with Gasteiger partial charge < -0.3 is 5.32 Å². The van der Waals surface area contributed by atoms with E-state index in [2.05, 4.69) is 75.3 Å². The van der Waals surface area contributed by atoms with Gasteiger partial charge in [-0.1, -0.05) is 32.1 Å². The molecule has 82 valence electrons. The summed E-state index contributed by atoms with van der Waals surface area (Å²) in [6.45, 7) is 5.19.